The average molecular weight is 405 g/mol. The van der Waals surface area contributed by atoms with Gasteiger partial charge in [0.2, 0.25) is 10.0 Å². The SMILES string of the molecule is CCOC[C@@H](C)CS(=O)(=O)Nc1ccccc1C(=O)N[C@H](C)c1ccccc1. The van der Waals surface area contributed by atoms with E-state index in [-0.39, 0.29) is 34.9 Å². The quantitative estimate of drug-likeness (QED) is 0.634. The third kappa shape index (κ3) is 6.65. The average Bonchev–Trinajstić information content (AvgIpc) is 2.66. The monoisotopic (exact) mass is 404 g/mol. The summed E-state index contributed by atoms with van der Waals surface area (Å²) >= 11 is 0. The first kappa shape index (κ1) is 21.9. The molecule has 0 spiro atoms. The molecule has 0 fully saturated rings. The lowest BCUT2D eigenvalue weighted by Gasteiger charge is -2.18. The number of amides is 1. The van der Waals surface area contributed by atoms with Gasteiger partial charge in [-0.3, -0.25) is 9.52 Å². The second-order valence-electron chi connectivity index (χ2n) is 6.80. The van der Waals surface area contributed by atoms with Crippen LogP contribution in [0, 0.1) is 5.92 Å². The number of para-hydroxylation sites is 1. The summed E-state index contributed by atoms with van der Waals surface area (Å²) < 4.78 is 32.8. The van der Waals surface area contributed by atoms with Gasteiger partial charge in [0, 0.05) is 6.61 Å². The van der Waals surface area contributed by atoms with E-state index < -0.39 is 10.0 Å². The minimum absolute atomic E-state index is 0.0800. The summed E-state index contributed by atoms with van der Waals surface area (Å²) in [7, 11) is -3.61. The highest BCUT2D eigenvalue weighted by molar-refractivity contribution is 7.92. The maximum Gasteiger partial charge on any atom is 0.253 e. The number of ether oxygens (including phenoxy) is 1. The highest BCUT2D eigenvalue weighted by Gasteiger charge is 2.20. The third-order valence-electron chi connectivity index (χ3n) is 4.19. The molecule has 0 heterocycles. The predicted octanol–water partition coefficient (Wildman–Crippen LogP) is 3.59. The first-order valence-corrected chi connectivity index (χ1v) is 11.0. The Morgan fingerprint density at radius 1 is 1.04 bits per heavy atom. The maximum atomic E-state index is 12.7. The molecule has 0 aliphatic heterocycles. The van der Waals surface area contributed by atoms with E-state index in [2.05, 4.69) is 10.0 Å². The van der Waals surface area contributed by atoms with E-state index in [1.807, 2.05) is 51.1 Å². The van der Waals surface area contributed by atoms with Crippen molar-refractivity contribution in [1.82, 2.24) is 5.32 Å². The Bertz CT molecular complexity index is 869. The number of hydrogen-bond acceptors (Lipinski definition) is 4. The zero-order valence-electron chi connectivity index (χ0n) is 16.5. The molecule has 0 radical (unpaired) electrons. The molecule has 152 valence electrons. The van der Waals surface area contributed by atoms with Crippen LogP contribution in [-0.2, 0) is 14.8 Å². The van der Waals surface area contributed by atoms with Gasteiger partial charge in [-0.2, -0.15) is 0 Å². The van der Waals surface area contributed by atoms with Crippen LogP contribution < -0.4 is 10.0 Å². The zero-order valence-corrected chi connectivity index (χ0v) is 17.3. The van der Waals surface area contributed by atoms with E-state index in [4.69, 9.17) is 4.74 Å². The van der Waals surface area contributed by atoms with E-state index in [0.717, 1.165) is 5.56 Å². The molecule has 0 aliphatic rings. The fourth-order valence-electron chi connectivity index (χ4n) is 2.82. The normalized spacial score (nSPS) is 13.5. The van der Waals surface area contributed by atoms with Gasteiger partial charge in [0.1, 0.15) is 0 Å². The number of sulfonamides is 1. The second kappa shape index (κ2) is 10.2. The molecule has 2 rings (SSSR count). The molecular formula is C21H28N2O4S. The Labute approximate surface area is 167 Å². The van der Waals surface area contributed by atoms with Crippen molar-refractivity contribution in [2.45, 2.75) is 26.8 Å². The third-order valence-corrected chi connectivity index (χ3v) is 5.73. The Hall–Kier alpha value is -2.38. The van der Waals surface area contributed by atoms with E-state index in [9.17, 15) is 13.2 Å². The number of rotatable bonds is 10. The smallest absolute Gasteiger partial charge is 0.253 e. The summed E-state index contributed by atoms with van der Waals surface area (Å²) in [5, 5.41) is 2.91. The van der Waals surface area contributed by atoms with Gasteiger partial charge in [-0.15, -0.1) is 0 Å². The van der Waals surface area contributed by atoms with Gasteiger partial charge in [-0.1, -0.05) is 49.4 Å². The van der Waals surface area contributed by atoms with E-state index in [1.54, 1.807) is 24.3 Å². The van der Waals surface area contributed by atoms with Crippen LogP contribution in [0.25, 0.3) is 0 Å². The topological polar surface area (TPSA) is 84.5 Å². The lowest BCUT2D eigenvalue weighted by molar-refractivity contribution is 0.0941. The van der Waals surface area contributed by atoms with Gasteiger partial charge in [0.25, 0.3) is 5.91 Å². The van der Waals surface area contributed by atoms with Crippen LogP contribution in [0.4, 0.5) is 5.69 Å². The molecule has 28 heavy (non-hydrogen) atoms. The van der Waals surface area contributed by atoms with E-state index >= 15 is 0 Å². The highest BCUT2D eigenvalue weighted by atomic mass is 32.2. The molecule has 7 heteroatoms. The minimum Gasteiger partial charge on any atom is -0.381 e. The molecule has 0 bridgehead atoms. The number of carbonyl (C=O) groups is 1. The number of nitrogens with one attached hydrogen (secondary N) is 2. The van der Waals surface area contributed by atoms with Crippen molar-refractivity contribution in [2.24, 2.45) is 5.92 Å². The summed E-state index contributed by atoms with van der Waals surface area (Å²) in [4.78, 5) is 12.7. The molecule has 2 N–H and O–H groups in total. The lowest BCUT2D eigenvalue weighted by Crippen LogP contribution is -2.29. The van der Waals surface area contributed by atoms with Crippen LogP contribution in [0.3, 0.4) is 0 Å². The fraction of sp³-hybridized carbons (Fsp3) is 0.381. The Morgan fingerprint density at radius 3 is 2.36 bits per heavy atom. The first-order chi connectivity index (χ1) is 13.3. The molecule has 2 atom stereocenters. The van der Waals surface area contributed by atoms with Crippen LogP contribution in [0.1, 0.15) is 42.7 Å². The molecule has 1 amide bonds. The molecule has 0 unspecified atom stereocenters. The summed E-state index contributed by atoms with van der Waals surface area (Å²) in [6.07, 6.45) is 0. The summed E-state index contributed by atoms with van der Waals surface area (Å²) in [5.74, 6) is -0.572. The van der Waals surface area contributed by atoms with Crippen molar-refractivity contribution in [3.05, 3.63) is 65.7 Å². The van der Waals surface area contributed by atoms with Gasteiger partial charge < -0.3 is 10.1 Å². The van der Waals surface area contributed by atoms with Crippen LogP contribution in [0.2, 0.25) is 0 Å². The molecule has 0 saturated heterocycles. The van der Waals surface area contributed by atoms with E-state index in [0.29, 0.717) is 13.2 Å². The van der Waals surface area contributed by atoms with Gasteiger partial charge in [-0.05, 0) is 37.5 Å². The van der Waals surface area contributed by atoms with Gasteiger partial charge in [0.15, 0.2) is 0 Å². The van der Waals surface area contributed by atoms with Crippen molar-refractivity contribution < 1.29 is 17.9 Å². The fourth-order valence-corrected chi connectivity index (χ4v) is 4.26. The Balaban J connectivity index is 2.10. The molecule has 0 saturated carbocycles. The molecule has 0 aliphatic carbocycles. The number of benzene rings is 2. The highest BCUT2D eigenvalue weighted by Crippen LogP contribution is 2.19. The van der Waals surface area contributed by atoms with Crippen molar-refractivity contribution in [1.29, 1.82) is 0 Å². The van der Waals surface area contributed by atoms with Crippen molar-refractivity contribution in [2.75, 3.05) is 23.7 Å². The van der Waals surface area contributed by atoms with Crippen LogP contribution in [0.5, 0.6) is 0 Å². The maximum absolute atomic E-state index is 12.7. The van der Waals surface area contributed by atoms with Crippen molar-refractivity contribution in [3.8, 4) is 0 Å². The largest absolute Gasteiger partial charge is 0.381 e. The van der Waals surface area contributed by atoms with Crippen molar-refractivity contribution >= 4 is 21.6 Å². The van der Waals surface area contributed by atoms with E-state index in [1.165, 1.54) is 0 Å². The summed E-state index contributed by atoms with van der Waals surface area (Å²) in [6.45, 7) is 6.48. The van der Waals surface area contributed by atoms with Gasteiger partial charge in [-0.25, -0.2) is 8.42 Å². The number of hydrogen-bond donors (Lipinski definition) is 2. The molecule has 0 aromatic heterocycles. The van der Waals surface area contributed by atoms with Gasteiger partial charge in [0.05, 0.1) is 29.7 Å². The lowest BCUT2D eigenvalue weighted by atomic mass is 10.1. The standard InChI is InChI=1S/C21H28N2O4S/c1-4-27-14-16(2)15-28(25,26)23-20-13-9-8-12-19(20)21(24)22-17(3)18-10-6-5-7-11-18/h5-13,16-17,23H,4,14-15H2,1-3H3,(H,22,24)/t16-,17-/m1/s1. The van der Waals surface area contributed by atoms with Crippen LogP contribution in [0.15, 0.2) is 54.6 Å². The molecule has 2 aromatic carbocycles. The molecular weight excluding hydrogens is 376 g/mol. The summed E-state index contributed by atoms with van der Waals surface area (Å²) in [5.41, 5.74) is 1.52. The van der Waals surface area contributed by atoms with Crippen LogP contribution in [-0.4, -0.2) is 33.3 Å². The number of carbonyl (C=O) groups excluding carboxylic acids is 1. The zero-order chi connectivity index (χ0) is 20.6. The molecule has 2 aromatic rings. The van der Waals surface area contributed by atoms with Crippen molar-refractivity contribution in [3.63, 3.8) is 0 Å². The van der Waals surface area contributed by atoms with Crippen LogP contribution >= 0.6 is 0 Å². The van der Waals surface area contributed by atoms with Gasteiger partial charge >= 0.3 is 0 Å². The number of anilines is 1. The second-order valence-corrected chi connectivity index (χ2v) is 8.57. The molecule has 6 nitrogen and oxygen atoms in total. The predicted molar refractivity (Wildman–Crippen MR) is 112 cm³/mol. The Morgan fingerprint density at radius 2 is 1.68 bits per heavy atom. The first-order valence-electron chi connectivity index (χ1n) is 9.35. The summed E-state index contributed by atoms with van der Waals surface area (Å²) in [6, 6.07) is 16.0. The Kier molecular flexibility index (Phi) is 8.02. The minimum atomic E-state index is -3.61.